The van der Waals surface area contributed by atoms with Crippen molar-refractivity contribution >= 4 is 23.2 Å². The largest absolute Gasteiger partial charge is 0.494 e. The molecule has 0 N–H and O–H groups in total. The van der Waals surface area contributed by atoms with Gasteiger partial charge in [0.1, 0.15) is 11.5 Å². The van der Waals surface area contributed by atoms with Crippen molar-refractivity contribution in [1.82, 2.24) is 9.91 Å². The third kappa shape index (κ3) is 3.53. The molecule has 0 aliphatic carbocycles. The molecule has 1 atom stereocenters. The number of halogens is 1. The summed E-state index contributed by atoms with van der Waals surface area (Å²) in [6.45, 7) is 5.57. The van der Waals surface area contributed by atoms with Crippen LogP contribution in [-0.4, -0.2) is 46.9 Å². The van der Waals surface area contributed by atoms with Crippen molar-refractivity contribution in [3.8, 4) is 11.5 Å². The van der Waals surface area contributed by atoms with Gasteiger partial charge in [0.25, 0.3) is 0 Å². The second kappa shape index (κ2) is 7.75. The summed E-state index contributed by atoms with van der Waals surface area (Å²) in [6, 6.07) is 14.0. The van der Waals surface area contributed by atoms with Crippen LogP contribution in [-0.2, 0) is 4.79 Å². The first-order chi connectivity index (χ1) is 15.0. The number of nitrogens with zero attached hydrogens (tertiary/aromatic N) is 3. The van der Waals surface area contributed by atoms with Crippen LogP contribution >= 0.6 is 11.6 Å². The Balaban J connectivity index is 1.50. The monoisotopic (exact) mass is 439 g/mol. The Bertz CT molecular complexity index is 1030. The fraction of sp³-hybridized carbons (Fsp3) is 0.417. The van der Waals surface area contributed by atoms with Crippen LogP contribution in [0.2, 0.25) is 5.02 Å². The zero-order chi connectivity index (χ0) is 21.6. The highest BCUT2D eigenvalue weighted by molar-refractivity contribution is 6.30. The molecule has 1 saturated heterocycles. The number of likely N-dealkylation sites (tertiary alicyclic amines) is 1. The highest BCUT2D eigenvalue weighted by Crippen LogP contribution is 2.50. The number of carbonyl (C=O) groups is 1. The molecule has 2 aromatic rings. The van der Waals surface area contributed by atoms with E-state index in [2.05, 4.69) is 17.1 Å². The quantitative estimate of drug-likeness (QED) is 0.700. The number of fused-ring (bicyclic) bond motifs is 4. The summed E-state index contributed by atoms with van der Waals surface area (Å²) < 4.78 is 12.2. The van der Waals surface area contributed by atoms with Crippen molar-refractivity contribution in [1.29, 1.82) is 0 Å². The molecule has 3 aliphatic heterocycles. The third-order valence-electron chi connectivity index (χ3n) is 6.45. The second-order valence-corrected chi connectivity index (χ2v) is 8.74. The van der Waals surface area contributed by atoms with Crippen LogP contribution in [0.15, 0.2) is 47.6 Å². The SMILES string of the molecule is CCOc1ccc(C2=NN3[C@@H](C2)c2cc(Cl)ccc2OC32CCN(C(C)=O)CC2)cc1. The molecule has 2 aromatic carbocycles. The van der Waals surface area contributed by atoms with Crippen molar-refractivity contribution in [2.24, 2.45) is 5.10 Å². The lowest BCUT2D eigenvalue weighted by Gasteiger charge is -2.51. The Kier molecular flexibility index (Phi) is 5.05. The second-order valence-electron chi connectivity index (χ2n) is 8.31. The van der Waals surface area contributed by atoms with Crippen molar-refractivity contribution in [2.45, 2.75) is 44.9 Å². The molecule has 1 fully saturated rings. The molecule has 0 saturated carbocycles. The molecule has 1 amide bonds. The molecule has 3 heterocycles. The van der Waals surface area contributed by atoms with E-state index in [1.54, 1.807) is 6.92 Å². The predicted molar refractivity (Wildman–Crippen MR) is 120 cm³/mol. The standard InChI is InChI=1S/C24H26ClN3O3/c1-3-30-19-7-4-17(5-8-19)21-15-22-20-14-18(25)6-9-23(20)31-24(28(22)26-21)10-12-27(13-11-24)16(2)29/h4-9,14,22H,3,10-13,15H2,1-2H3/t22-/m0/s1. The predicted octanol–water partition coefficient (Wildman–Crippen LogP) is 4.62. The van der Waals surface area contributed by atoms with Gasteiger partial charge in [-0.3, -0.25) is 4.79 Å². The summed E-state index contributed by atoms with van der Waals surface area (Å²) in [5.41, 5.74) is 2.62. The Hall–Kier alpha value is -2.73. The minimum Gasteiger partial charge on any atom is -0.494 e. The van der Waals surface area contributed by atoms with E-state index in [9.17, 15) is 4.79 Å². The van der Waals surface area contributed by atoms with Gasteiger partial charge in [0.2, 0.25) is 11.6 Å². The molecule has 0 aromatic heterocycles. The number of hydrogen-bond donors (Lipinski definition) is 0. The Morgan fingerprint density at radius 2 is 1.97 bits per heavy atom. The van der Waals surface area contributed by atoms with Crippen LogP contribution < -0.4 is 9.47 Å². The van der Waals surface area contributed by atoms with Crippen LogP contribution in [0.4, 0.5) is 0 Å². The number of hydrazone groups is 1. The molecule has 0 radical (unpaired) electrons. The van der Waals surface area contributed by atoms with E-state index in [-0.39, 0.29) is 11.9 Å². The van der Waals surface area contributed by atoms with Crippen molar-refractivity contribution in [3.63, 3.8) is 0 Å². The maximum absolute atomic E-state index is 11.9. The molecule has 162 valence electrons. The van der Waals surface area contributed by atoms with Crippen LogP contribution in [0, 0.1) is 0 Å². The Morgan fingerprint density at radius 3 is 2.65 bits per heavy atom. The van der Waals surface area contributed by atoms with Gasteiger partial charge in [0.05, 0.1) is 18.4 Å². The fourth-order valence-electron chi connectivity index (χ4n) is 4.84. The van der Waals surface area contributed by atoms with Gasteiger partial charge in [0, 0.05) is 49.9 Å². The maximum Gasteiger partial charge on any atom is 0.219 e. The third-order valence-corrected chi connectivity index (χ3v) is 6.68. The van der Waals surface area contributed by atoms with E-state index in [0.717, 1.165) is 34.8 Å². The molecule has 31 heavy (non-hydrogen) atoms. The van der Waals surface area contributed by atoms with Gasteiger partial charge >= 0.3 is 0 Å². The van der Waals surface area contributed by atoms with Crippen molar-refractivity contribution in [3.05, 3.63) is 58.6 Å². The zero-order valence-corrected chi connectivity index (χ0v) is 18.6. The minimum atomic E-state index is -0.551. The molecule has 0 bridgehead atoms. The van der Waals surface area contributed by atoms with Crippen LogP contribution in [0.5, 0.6) is 11.5 Å². The first-order valence-electron chi connectivity index (χ1n) is 10.8. The molecule has 0 unspecified atom stereocenters. The molecule has 3 aliphatic rings. The maximum atomic E-state index is 11.9. The number of amides is 1. The van der Waals surface area contributed by atoms with E-state index < -0.39 is 5.72 Å². The van der Waals surface area contributed by atoms with E-state index in [1.165, 1.54) is 0 Å². The summed E-state index contributed by atoms with van der Waals surface area (Å²) in [6.07, 6.45) is 2.21. The summed E-state index contributed by atoms with van der Waals surface area (Å²) in [5.74, 6) is 1.83. The number of rotatable bonds is 3. The van der Waals surface area contributed by atoms with E-state index in [4.69, 9.17) is 26.2 Å². The van der Waals surface area contributed by atoms with Gasteiger partial charge in [-0.1, -0.05) is 11.6 Å². The van der Waals surface area contributed by atoms with Gasteiger partial charge in [-0.25, -0.2) is 5.01 Å². The lowest BCUT2D eigenvalue weighted by Crippen LogP contribution is -2.59. The van der Waals surface area contributed by atoms with E-state index in [1.807, 2.05) is 42.2 Å². The number of benzene rings is 2. The zero-order valence-electron chi connectivity index (χ0n) is 17.8. The molecular weight excluding hydrogens is 414 g/mol. The average Bonchev–Trinajstić information content (AvgIpc) is 3.23. The molecular formula is C24H26ClN3O3. The topological polar surface area (TPSA) is 54.4 Å². The van der Waals surface area contributed by atoms with Crippen molar-refractivity contribution in [2.75, 3.05) is 19.7 Å². The van der Waals surface area contributed by atoms with Crippen molar-refractivity contribution < 1.29 is 14.3 Å². The summed E-state index contributed by atoms with van der Waals surface area (Å²) in [7, 11) is 0. The number of carbonyl (C=O) groups excluding carboxylic acids is 1. The van der Waals surface area contributed by atoms with Gasteiger partial charge in [-0.05, 0) is 55.0 Å². The van der Waals surface area contributed by atoms with Gasteiger partial charge in [-0.15, -0.1) is 0 Å². The van der Waals surface area contributed by atoms with Gasteiger partial charge in [0.15, 0.2) is 0 Å². The minimum absolute atomic E-state index is 0.0629. The molecule has 5 rings (SSSR count). The van der Waals surface area contributed by atoms with E-state index in [0.29, 0.717) is 37.6 Å². The molecule has 6 nitrogen and oxygen atoms in total. The Labute approximate surface area is 187 Å². The van der Waals surface area contributed by atoms with Crippen LogP contribution in [0.3, 0.4) is 0 Å². The Morgan fingerprint density at radius 1 is 1.23 bits per heavy atom. The smallest absolute Gasteiger partial charge is 0.219 e. The highest BCUT2D eigenvalue weighted by Gasteiger charge is 2.52. The number of piperidine rings is 1. The van der Waals surface area contributed by atoms with Crippen LogP contribution in [0.25, 0.3) is 0 Å². The first-order valence-corrected chi connectivity index (χ1v) is 11.2. The summed E-state index contributed by atoms with van der Waals surface area (Å²) >= 11 is 6.33. The normalized spacial score (nSPS) is 21.3. The fourth-order valence-corrected chi connectivity index (χ4v) is 5.02. The van der Waals surface area contributed by atoms with E-state index >= 15 is 0 Å². The lowest BCUT2D eigenvalue weighted by molar-refractivity contribution is -0.158. The first kappa shape index (κ1) is 20.2. The molecule has 1 spiro atoms. The average molecular weight is 440 g/mol. The summed E-state index contributed by atoms with van der Waals surface area (Å²) in [5, 5.41) is 7.90. The number of ether oxygens (including phenoxy) is 2. The lowest BCUT2D eigenvalue weighted by atomic mass is 9.90. The van der Waals surface area contributed by atoms with Gasteiger partial charge < -0.3 is 14.4 Å². The molecule has 7 heteroatoms. The van der Waals surface area contributed by atoms with Gasteiger partial charge in [-0.2, -0.15) is 5.10 Å². The highest BCUT2D eigenvalue weighted by atomic mass is 35.5. The number of hydrogen-bond acceptors (Lipinski definition) is 5. The summed E-state index contributed by atoms with van der Waals surface area (Å²) in [4.78, 5) is 13.7. The van der Waals surface area contributed by atoms with Crippen LogP contribution in [0.1, 0.15) is 50.3 Å².